The predicted molar refractivity (Wildman–Crippen MR) is 48.2 cm³/mol. The molecule has 0 saturated carbocycles. The molecule has 1 aliphatic carbocycles. The Morgan fingerprint density at radius 2 is 2.29 bits per heavy atom. The minimum atomic E-state index is -3.01. The van der Waals surface area contributed by atoms with Gasteiger partial charge in [0, 0.05) is 0 Å². The van der Waals surface area contributed by atoms with Crippen molar-refractivity contribution in [3.05, 3.63) is 23.8 Å². The van der Waals surface area contributed by atoms with E-state index in [1.165, 1.54) is 18.2 Å². The van der Waals surface area contributed by atoms with Crippen molar-refractivity contribution < 1.29 is 18.7 Å². The van der Waals surface area contributed by atoms with Crippen molar-refractivity contribution in [1.82, 2.24) is 0 Å². The van der Waals surface area contributed by atoms with E-state index in [1.54, 1.807) is 6.92 Å². The first-order valence-corrected chi connectivity index (χ1v) is 4.46. The molecule has 0 spiro atoms. The van der Waals surface area contributed by atoms with Gasteiger partial charge in [0.05, 0.1) is 12.3 Å². The molecule has 0 aromatic heterocycles. The zero-order valence-electron chi connectivity index (χ0n) is 7.84. The van der Waals surface area contributed by atoms with Crippen LogP contribution in [0.5, 0.6) is 0 Å². The average molecular weight is 202 g/mol. The molecule has 0 radical (unpaired) electrons. The second kappa shape index (κ2) is 3.90. The standard InChI is InChI=1S/C10H12F2O2/c1-2-7-4-3-5-8(6-9(13)14)10(7,11)12/h3-5,8H,2,6H2,1H3,(H,13,14). The highest BCUT2D eigenvalue weighted by molar-refractivity contribution is 5.67. The van der Waals surface area contributed by atoms with Crippen LogP contribution in [0.15, 0.2) is 23.8 Å². The first-order chi connectivity index (χ1) is 6.48. The number of rotatable bonds is 3. The van der Waals surface area contributed by atoms with Gasteiger partial charge in [0.2, 0.25) is 0 Å². The summed E-state index contributed by atoms with van der Waals surface area (Å²) in [5.74, 6) is -5.42. The van der Waals surface area contributed by atoms with Crippen LogP contribution in [0.25, 0.3) is 0 Å². The van der Waals surface area contributed by atoms with E-state index in [0.717, 1.165) is 0 Å². The van der Waals surface area contributed by atoms with Gasteiger partial charge in [0.15, 0.2) is 0 Å². The van der Waals surface area contributed by atoms with Crippen molar-refractivity contribution in [3.8, 4) is 0 Å². The van der Waals surface area contributed by atoms with Crippen molar-refractivity contribution in [1.29, 1.82) is 0 Å². The fraction of sp³-hybridized carbons (Fsp3) is 0.500. The van der Waals surface area contributed by atoms with Gasteiger partial charge in [0.1, 0.15) is 0 Å². The third-order valence-corrected chi connectivity index (χ3v) is 2.31. The summed E-state index contributed by atoms with van der Waals surface area (Å²) in [4.78, 5) is 10.4. The number of carbonyl (C=O) groups is 1. The van der Waals surface area contributed by atoms with Gasteiger partial charge < -0.3 is 5.11 Å². The van der Waals surface area contributed by atoms with Gasteiger partial charge in [-0.3, -0.25) is 4.79 Å². The maximum atomic E-state index is 13.5. The maximum absolute atomic E-state index is 13.5. The summed E-state index contributed by atoms with van der Waals surface area (Å²) in [5, 5.41) is 8.47. The average Bonchev–Trinajstić information content (AvgIpc) is 2.07. The molecule has 78 valence electrons. The van der Waals surface area contributed by atoms with Crippen LogP contribution in [0.3, 0.4) is 0 Å². The van der Waals surface area contributed by atoms with Crippen molar-refractivity contribution >= 4 is 5.97 Å². The zero-order valence-corrected chi connectivity index (χ0v) is 7.84. The summed E-state index contributed by atoms with van der Waals surface area (Å²) >= 11 is 0. The lowest BCUT2D eigenvalue weighted by Crippen LogP contribution is -2.32. The predicted octanol–water partition coefficient (Wildman–Crippen LogP) is 2.62. The summed E-state index contributed by atoms with van der Waals surface area (Å²) in [7, 11) is 0. The second-order valence-corrected chi connectivity index (χ2v) is 3.26. The molecule has 14 heavy (non-hydrogen) atoms. The number of alkyl halides is 2. The number of carboxylic acid groups (broad SMARTS) is 1. The lowest BCUT2D eigenvalue weighted by molar-refractivity contribution is -0.140. The van der Waals surface area contributed by atoms with E-state index in [4.69, 9.17) is 5.11 Å². The molecule has 1 atom stereocenters. The number of hydrogen-bond donors (Lipinski definition) is 1. The van der Waals surface area contributed by atoms with Crippen LogP contribution in [0.1, 0.15) is 19.8 Å². The molecular formula is C10H12F2O2. The van der Waals surface area contributed by atoms with Crippen LogP contribution in [-0.2, 0) is 4.79 Å². The third-order valence-electron chi connectivity index (χ3n) is 2.31. The van der Waals surface area contributed by atoms with Crippen molar-refractivity contribution in [2.24, 2.45) is 5.92 Å². The molecule has 0 amide bonds. The molecule has 1 unspecified atom stereocenters. The Hall–Kier alpha value is -1.19. The van der Waals surface area contributed by atoms with E-state index in [-0.39, 0.29) is 12.0 Å². The van der Waals surface area contributed by atoms with E-state index in [9.17, 15) is 13.6 Å². The Kier molecular flexibility index (Phi) is 3.03. The number of hydrogen-bond acceptors (Lipinski definition) is 1. The van der Waals surface area contributed by atoms with Gasteiger partial charge in [-0.25, -0.2) is 8.78 Å². The van der Waals surface area contributed by atoms with Crippen molar-refractivity contribution in [2.45, 2.75) is 25.7 Å². The number of aliphatic carboxylic acids is 1. The molecule has 0 aliphatic heterocycles. The summed E-state index contributed by atoms with van der Waals surface area (Å²) in [6, 6.07) is 0. The first-order valence-electron chi connectivity index (χ1n) is 4.46. The smallest absolute Gasteiger partial charge is 0.304 e. The molecule has 0 fully saturated rings. The van der Waals surface area contributed by atoms with E-state index in [0.29, 0.717) is 0 Å². The van der Waals surface area contributed by atoms with Gasteiger partial charge in [-0.05, 0) is 12.0 Å². The highest BCUT2D eigenvalue weighted by atomic mass is 19.3. The van der Waals surface area contributed by atoms with Gasteiger partial charge in [0.25, 0.3) is 5.92 Å². The van der Waals surface area contributed by atoms with Gasteiger partial charge >= 0.3 is 5.97 Å². The SMILES string of the molecule is CCC1=CC=CC(CC(=O)O)C1(F)F. The molecule has 1 N–H and O–H groups in total. The molecule has 0 aromatic carbocycles. The topological polar surface area (TPSA) is 37.3 Å². The van der Waals surface area contributed by atoms with Crippen LogP contribution in [-0.4, -0.2) is 17.0 Å². The lowest BCUT2D eigenvalue weighted by Gasteiger charge is -2.27. The maximum Gasteiger partial charge on any atom is 0.304 e. The van der Waals surface area contributed by atoms with Gasteiger partial charge in [-0.1, -0.05) is 25.2 Å². The summed E-state index contributed by atoms with van der Waals surface area (Å²) in [6.07, 6.45) is 3.84. The minimum absolute atomic E-state index is 0.00579. The summed E-state index contributed by atoms with van der Waals surface area (Å²) in [5.41, 5.74) is 0.00579. The number of allylic oxidation sites excluding steroid dienone is 4. The first kappa shape index (κ1) is 10.9. The van der Waals surface area contributed by atoms with Crippen LogP contribution in [0.4, 0.5) is 8.78 Å². The highest BCUT2D eigenvalue weighted by Gasteiger charge is 2.42. The molecule has 1 rings (SSSR count). The molecule has 0 bridgehead atoms. The van der Waals surface area contributed by atoms with Gasteiger partial charge in [-0.15, -0.1) is 0 Å². The van der Waals surface area contributed by atoms with Crippen molar-refractivity contribution in [2.75, 3.05) is 0 Å². The Morgan fingerprint density at radius 1 is 1.64 bits per heavy atom. The molecule has 0 saturated heterocycles. The molecule has 4 heteroatoms. The van der Waals surface area contributed by atoms with E-state index < -0.39 is 24.2 Å². The van der Waals surface area contributed by atoms with Crippen LogP contribution >= 0.6 is 0 Å². The molecule has 0 aromatic rings. The second-order valence-electron chi connectivity index (χ2n) is 3.26. The van der Waals surface area contributed by atoms with Crippen LogP contribution in [0.2, 0.25) is 0 Å². The minimum Gasteiger partial charge on any atom is -0.481 e. The molecule has 1 aliphatic rings. The fourth-order valence-corrected chi connectivity index (χ4v) is 1.51. The van der Waals surface area contributed by atoms with E-state index in [1.807, 2.05) is 0 Å². The molecule has 2 nitrogen and oxygen atoms in total. The Balaban J connectivity index is 2.86. The number of carboxylic acids is 1. The Morgan fingerprint density at radius 3 is 2.79 bits per heavy atom. The largest absolute Gasteiger partial charge is 0.481 e. The van der Waals surface area contributed by atoms with E-state index in [2.05, 4.69) is 0 Å². The van der Waals surface area contributed by atoms with Gasteiger partial charge in [-0.2, -0.15) is 0 Å². The Labute approximate surface area is 80.9 Å². The highest BCUT2D eigenvalue weighted by Crippen LogP contribution is 2.39. The van der Waals surface area contributed by atoms with Crippen LogP contribution in [0, 0.1) is 5.92 Å². The third kappa shape index (κ3) is 2.00. The van der Waals surface area contributed by atoms with Crippen LogP contribution < -0.4 is 0 Å². The summed E-state index contributed by atoms with van der Waals surface area (Å²) < 4.78 is 27.0. The zero-order chi connectivity index (χ0) is 10.8. The van der Waals surface area contributed by atoms with E-state index >= 15 is 0 Å². The number of halogens is 2. The summed E-state index contributed by atoms with van der Waals surface area (Å²) in [6.45, 7) is 1.64. The van der Waals surface area contributed by atoms with Crippen molar-refractivity contribution in [3.63, 3.8) is 0 Å². The quantitative estimate of drug-likeness (QED) is 0.763. The molecule has 0 heterocycles. The fourth-order valence-electron chi connectivity index (χ4n) is 1.51. The normalized spacial score (nSPS) is 24.5. The Bertz CT molecular complexity index is 292. The monoisotopic (exact) mass is 202 g/mol. The lowest BCUT2D eigenvalue weighted by atomic mass is 9.86. The molecular weight excluding hydrogens is 190 g/mol.